The van der Waals surface area contributed by atoms with E-state index in [-0.39, 0.29) is 0 Å². The van der Waals surface area contributed by atoms with Crippen molar-refractivity contribution < 1.29 is 4.74 Å². The van der Waals surface area contributed by atoms with E-state index >= 15 is 0 Å². The fourth-order valence-electron chi connectivity index (χ4n) is 3.12. The minimum Gasteiger partial charge on any atom is -0.495 e. The van der Waals surface area contributed by atoms with Crippen LogP contribution in [0.25, 0.3) is 11.6 Å². The lowest BCUT2D eigenvalue weighted by molar-refractivity contribution is 0.414. The van der Waals surface area contributed by atoms with Crippen LogP contribution in [0.1, 0.15) is 34.9 Å². The number of aryl methyl sites for hydroxylation is 1. The number of methoxy groups -OCH3 is 1. The maximum atomic E-state index is 6.26. The van der Waals surface area contributed by atoms with Crippen LogP contribution in [-0.2, 0) is 0 Å². The SMILES string of the molecule is COc1cc(C2CC2c2cnc(-c3ncccn3)nc2)cc(C)c1Cl. The van der Waals surface area contributed by atoms with Gasteiger partial charge in [-0.1, -0.05) is 17.7 Å². The molecule has 5 nitrogen and oxygen atoms in total. The van der Waals surface area contributed by atoms with Gasteiger partial charge < -0.3 is 4.74 Å². The third-order valence-corrected chi connectivity index (χ3v) is 5.03. The van der Waals surface area contributed by atoms with Gasteiger partial charge in [0, 0.05) is 24.8 Å². The summed E-state index contributed by atoms with van der Waals surface area (Å²) in [6, 6.07) is 5.95. The van der Waals surface area contributed by atoms with Crippen molar-refractivity contribution in [2.45, 2.75) is 25.2 Å². The van der Waals surface area contributed by atoms with E-state index in [0.29, 0.717) is 28.5 Å². The van der Waals surface area contributed by atoms with Crippen LogP contribution in [0.3, 0.4) is 0 Å². The van der Waals surface area contributed by atoms with Crippen LogP contribution in [0.15, 0.2) is 43.0 Å². The molecule has 0 amide bonds. The van der Waals surface area contributed by atoms with E-state index in [2.05, 4.69) is 26.0 Å². The van der Waals surface area contributed by atoms with Crippen LogP contribution in [-0.4, -0.2) is 27.0 Å². The molecule has 0 radical (unpaired) electrons. The van der Waals surface area contributed by atoms with Crippen LogP contribution >= 0.6 is 11.6 Å². The number of ether oxygens (including phenoxy) is 1. The molecule has 0 bridgehead atoms. The Labute approximate surface area is 151 Å². The van der Waals surface area contributed by atoms with Crippen molar-refractivity contribution in [3.05, 3.63) is 64.7 Å². The highest BCUT2D eigenvalue weighted by Gasteiger charge is 2.40. The molecule has 1 saturated carbocycles. The number of halogens is 1. The van der Waals surface area contributed by atoms with Gasteiger partial charge in [-0.15, -0.1) is 0 Å². The van der Waals surface area contributed by atoms with Crippen molar-refractivity contribution in [1.82, 2.24) is 19.9 Å². The van der Waals surface area contributed by atoms with E-state index in [1.165, 1.54) is 5.56 Å². The molecule has 6 heteroatoms. The zero-order chi connectivity index (χ0) is 17.4. The second-order valence-electron chi connectivity index (χ2n) is 6.22. The van der Waals surface area contributed by atoms with Crippen molar-refractivity contribution in [1.29, 1.82) is 0 Å². The van der Waals surface area contributed by atoms with E-state index < -0.39 is 0 Å². The summed E-state index contributed by atoms with van der Waals surface area (Å²) in [6.07, 6.45) is 8.21. The molecular formula is C19H17ClN4O. The zero-order valence-electron chi connectivity index (χ0n) is 14.0. The molecule has 2 heterocycles. The summed E-state index contributed by atoms with van der Waals surface area (Å²) in [4.78, 5) is 17.2. The Morgan fingerprint density at radius 3 is 2.28 bits per heavy atom. The van der Waals surface area contributed by atoms with Gasteiger partial charge in [0.05, 0.1) is 12.1 Å². The molecule has 4 rings (SSSR count). The lowest BCUT2D eigenvalue weighted by atomic mass is 10.0. The van der Waals surface area contributed by atoms with Crippen molar-refractivity contribution in [2.75, 3.05) is 7.11 Å². The molecule has 25 heavy (non-hydrogen) atoms. The predicted molar refractivity (Wildman–Crippen MR) is 95.9 cm³/mol. The second-order valence-corrected chi connectivity index (χ2v) is 6.59. The largest absolute Gasteiger partial charge is 0.495 e. The summed E-state index contributed by atoms with van der Waals surface area (Å²) in [5.41, 5.74) is 3.42. The van der Waals surface area contributed by atoms with Gasteiger partial charge in [0.2, 0.25) is 0 Å². The standard InChI is InChI=1S/C19H17ClN4O/c1-11-6-12(7-16(25-2)17(11)20)14-8-15(14)13-9-23-19(24-10-13)18-21-4-3-5-22-18/h3-7,9-10,14-15H,8H2,1-2H3. The summed E-state index contributed by atoms with van der Waals surface area (Å²) in [5.74, 6) is 2.70. The van der Waals surface area contributed by atoms with Gasteiger partial charge in [-0.2, -0.15) is 0 Å². The number of nitrogens with zero attached hydrogens (tertiary/aromatic N) is 4. The van der Waals surface area contributed by atoms with Gasteiger partial charge in [-0.05, 0) is 54.0 Å². The maximum absolute atomic E-state index is 6.26. The molecule has 0 saturated heterocycles. The number of aromatic nitrogens is 4. The Morgan fingerprint density at radius 2 is 1.60 bits per heavy atom. The normalized spacial score (nSPS) is 18.8. The Balaban J connectivity index is 1.55. The van der Waals surface area contributed by atoms with E-state index in [1.807, 2.05) is 25.4 Å². The average molecular weight is 353 g/mol. The molecule has 2 aromatic heterocycles. The molecular weight excluding hydrogens is 336 g/mol. The Morgan fingerprint density at radius 1 is 0.960 bits per heavy atom. The molecule has 1 aromatic carbocycles. The number of benzene rings is 1. The first-order valence-electron chi connectivity index (χ1n) is 8.10. The van der Waals surface area contributed by atoms with Crippen molar-refractivity contribution >= 4 is 11.6 Å². The van der Waals surface area contributed by atoms with Crippen molar-refractivity contribution in [3.8, 4) is 17.4 Å². The third kappa shape index (κ3) is 3.07. The predicted octanol–water partition coefficient (Wildman–Crippen LogP) is 4.18. The zero-order valence-corrected chi connectivity index (χ0v) is 14.7. The lowest BCUT2D eigenvalue weighted by Crippen LogP contribution is -1.96. The third-order valence-electron chi connectivity index (χ3n) is 4.55. The fraction of sp³-hybridized carbons (Fsp3) is 0.263. The van der Waals surface area contributed by atoms with Crippen LogP contribution in [0, 0.1) is 6.92 Å². The first kappa shape index (κ1) is 16.0. The van der Waals surface area contributed by atoms with E-state index in [4.69, 9.17) is 16.3 Å². The van der Waals surface area contributed by atoms with Crippen molar-refractivity contribution in [2.24, 2.45) is 0 Å². The highest BCUT2D eigenvalue weighted by atomic mass is 35.5. The molecule has 1 aliphatic rings. The summed E-state index contributed by atoms with van der Waals surface area (Å²) < 4.78 is 5.38. The minimum atomic E-state index is 0.427. The van der Waals surface area contributed by atoms with Crippen LogP contribution in [0.5, 0.6) is 5.75 Å². The van der Waals surface area contributed by atoms with Gasteiger partial charge in [0.15, 0.2) is 11.6 Å². The molecule has 126 valence electrons. The minimum absolute atomic E-state index is 0.427. The average Bonchev–Trinajstić information content (AvgIpc) is 3.45. The molecule has 1 aliphatic carbocycles. The van der Waals surface area contributed by atoms with Crippen LogP contribution in [0.2, 0.25) is 5.02 Å². The van der Waals surface area contributed by atoms with Crippen molar-refractivity contribution in [3.63, 3.8) is 0 Å². The topological polar surface area (TPSA) is 60.8 Å². The van der Waals surface area contributed by atoms with Gasteiger partial charge in [0.25, 0.3) is 0 Å². The molecule has 3 aromatic rings. The van der Waals surface area contributed by atoms with E-state index in [9.17, 15) is 0 Å². The summed E-state index contributed by atoms with van der Waals surface area (Å²) in [6.45, 7) is 2.00. The highest BCUT2D eigenvalue weighted by molar-refractivity contribution is 6.32. The summed E-state index contributed by atoms with van der Waals surface area (Å²) in [5, 5.41) is 0.680. The monoisotopic (exact) mass is 352 g/mol. The Bertz CT molecular complexity index is 899. The smallest absolute Gasteiger partial charge is 0.197 e. The molecule has 0 spiro atoms. The molecule has 0 aliphatic heterocycles. The van der Waals surface area contributed by atoms with Crippen LogP contribution < -0.4 is 4.74 Å². The van der Waals surface area contributed by atoms with Crippen LogP contribution in [0.4, 0.5) is 0 Å². The molecule has 2 atom stereocenters. The summed E-state index contributed by atoms with van der Waals surface area (Å²) in [7, 11) is 1.65. The summed E-state index contributed by atoms with van der Waals surface area (Å²) >= 11 is 6.26. The van der Waals surface area contributed by atoms with Gasteiger partial charge in [-0.3, -0.25) is 0 Å². The van der Waals surface area contributed by atoms with E-state index in [0.717, 1.165) is 23.3 Å². The fourth-order valence-corrected chi connectivity index (χ4v) is 3.30. The van der Waals surface area contributed by atoms with Gasteiger partial charge in [0.1, 0.15) is 5.75 Å². The Hall–Kier alpha value is -2.53. The van der Waals surface area contributed by atoms with Gasteiger partial charge in [-0.25, -0.2) is 19.9 Å². The molecule has 0 N–H and O–H groups in total. The van der Waals surface area contributed by atoms with E-state index in [1.54, 1.807) is 25.6 Å². The second kappa shape index (κ2) is 6.41. The number of hydrogen-bond acceptors (Lipinski definition) is 5. The quantitative estimate of drug-likeness (QED) is 0.705. The first-order valence-corrected chi connectivity index (χ1v) is 8.48. The Kier molecular flexibility index (Phi) is 4.09. The first-order chi connectivity index (χ1) is 12.2. The molecule has 2 unspecified atom stereocenters. The number of hydrogen-bond donors (Lipinski definition) is 0. The van der Waals surface area contributed by atoms with Gasteiger partial charge >= 0.3 is 0 Å². The lowest BCUT2D eigenvalue weighted by Gasteiger charge is -2.09. The maximum Gasteiger partial charge on any atom is 0.197 e. The highest BCUT2D eigenvalue weighted by Crippen LogP contribution is 2.55. The number of rotatable bonds is 4. The molecule has 1 fully saturated rings.